The van der Waals surface area contributed by atoms with Crippen molar-refractivity contribution in [3.05, 3.63) is 64.3 Å². The number of halogens is 1. The average Bonchev–Trinajstić information content (AvgIpc) is 3.12. The van der Waals surface area contributed by atoms with E-state index in [1.54, 1.807) is 7.11 Å². The number of rotatable bonds is 3. The fourth-order valence-electron chi connectivity index (χ4n) is 4.35. The minimum atomic E-state index is 0.885. The molecule has 5 heteroatoms. The van der Waals surface area contributed by atoms with Crippen molar-refractivity contribution in [3.8, 4) is 28.3 Å². The van der Waals surface area contributed by atoms with Crippen molar-refractivity contribution in [3.63, 3.8) is 0 Å². The van der Waals surface area contributed by atoms with E-state index in [2.05, 4.69) is 68.3 Å². The molecule has 0 fully saturated rings. The van der Waals surface area contributed by atoms with Gasteiger partial charge in [-0.3, -0.25) is 0 Å². The van der Waals surface area contributed by atoms with Crippen LogP contribution in [-0.4, -0.2) is 21.3 Å². The van der Waals surface area contributed by atoms with Crippen molar-refractivity contribution in [2.24, 2.45) is 0 Å². The summed E-state index contributed by atoms with van der Waals surface area (Å²) in [6.45, 7) is 3.19. The minimum absolute atomic E-state index is 0.885. The number of benzene rings is 2. The van der Waals surface area contributed by atoms with Gasteiger partial charge in [0.25, 0.3) is 0 Å². The van der Waals surface area contributed by atoms with Gasteiger partial charge in [-0.15, -0.1) is 5.10 Å². The molecule has 0 bridgehead atoms. The molecule has 0 unspecified atom stereocenters. The summed E-state index contributed by atoms with van der Waals surface area (Å²) in [6, 6.07) is 16.8. The molecule has 5 rings (SSSR count). The molecule has 0 N–H and O–H groups in total. The number of nitrogens with zero attached hydrogens (tertiary/aromatic N) is 3. The Labute approximate surface area is 172 Å². The monoisotopic (exact) mass is 435 g/mol. The first kappa shape index (κ1) is 17.6. The van der Waals surface area contributed by atoms with Crippen molar-refractivity contribution >= 4 is 21.6 Å². The molecule has 4 nitrogen and oxygen atoms in total. The van der Waals surface area contributed by atoms with Gasteiger partial charge in [-0.2, -0.15) is 0 Å². The summed E-state index contributed by atoms with van der Waals surface area (Å²) in [6.07, 6.45) is 3.46. The molecular formula is C23H22BrN3O. The summed E-state index contributed by atoms with van der Waals surface area (Å²) < 4.78 is 11.0. The van der Waals surface area contributed by atoms with Gasteiger partial charge in [0.05, 0.1) is 7.11 Å². The summed E-state index contributed by atoms with van der Waals surface area (Å²) in [7, 11) is 1.71. The lowest BCUT2D eigenvalue weighted by atomic mass is 9.98. The second-order valence-corrected chi connectivity index (χ2v) is 8.26. The molecule has 1 aliphatic rings. The Morgan fingerprint density at radius 3 is 2.39 bits per heavy atom. The van der Waals surface area contributed by atoms with Gasteiger partial charge in [0.1, 0.15) is 11.4 Å². The normalized spacial score (nSPS) is 13.7. The molecule has 1 aliphatic heterocycles. The van der Waals surface area contributed by atoms with Gasteiger partial charge in [-0.05, 0) is 56.0 Å². The van der Waals surface area contributed by atoms with E-state index in [1.165, 1.54) is 40.9 Å². The SMILES string of the molecule is COc1ccc(-c2c3c4n(c(-c5ccc(Br)cc5)nn4c2C)CCCC3)cc1. The molecule has 2 aromatic carbocycles. The summed E-state index contributed by atoms with van der Waals surface area (Å²) in [4.78, 5) is 0. The van der Waals surface area contributed by atoms with E-state index in [4.69, 9.17) is 9.84 Å². The molecular weight excluding hydrogens is 414 g/mol. The first-order chi connectivity index (χ1) is 13.7. The molecule has 3 heterocycles. The molecule has 28 heavy (non-hydrogen) atoms. The average molecular weight is 436 g/mol. The zero-order valence-electron chi connectivity index (χ0n) is 16.1. The molecule has 0 atom stereocenters. The maximum Gasteiger partial charge on any atom is 0.162 e. The van der Waals surface area contributed by atoms with E-state index < -0.39 is 0 Å². The van der Waals surface area contributed by atoms with Gasteiger partial charge in [0, 0.05) is 33.4 Å². The number of aromatic nitrogens is 3. The predicted molar refractivity (Wildman–Crippen MR) is 116 cm³/mol. The minimum Gasteiger partial charge on any atom is -0.497 e. The summed E-state index contributed by atoms with van der Waals surface area (Å²) >= 11 is 3.53. The highest BCUT2D eigenvalue weighted by Gasteiger charge is 2.25. The maximum atomic E-state index is 5.33. The van der Waals surface area contributed by atoms with Crippen LogP contribution in [0.25, 0.3) is 28.2 Å². The van der Waals surface area contributed by atoms with Gasteiger partial charge < -0.3 is 9.30 Å². The van der Waals surface area contributed by atoms with Gasteiger partial charge in [0.15, 0.2) is 5.82 Å². The number of ether oxygens (including phenoxy) is 1. The van der Waals surface area contributed by atoms with Crippen LogP contribution in [-0.2, 0) is 13.0 Å². The van der Waals surface area contributed by atoms with E-state index in [-0.39, 0.29) is 0 Å². The fraction of sp³-hybridized carbons (Fsp3) is 0.261. The van der Waals surface area contributed by atoms with Crippen LogP contribution in [0.1, 0.15) is 24.1 Å². The number of methoxy groups -OCH3 is 1. The molecule has 0 radical (unpaired) electrons. The third kappa shape index (κ3) is 2.68. The molecule has 0 saturated carbocycles. The van der Waals surface area contributed by atoms with E-state index in [1.807, 2.05) is 12.1 Å². The topological polar surface area (TPSA) is 31.5 Å². The second kappa shape index (κ2) is 6.82. The lowest BCUT2D eigenvalue weighted by Crippen LogP contribution is -1.99. The van der Waals surface area contributed by atoms with Crippen LogP contribution in [0.15, 0.2) is 53.0 Å². The Bertz CT molecular complexity index is 1150. The van der Waals surface area contributed by atoms with Crippen LogP contribution in [0.4, 0.5) is 0 Å². The van der Waals surface area contributed by atoms with Crippen molar-refractivity contribution in [2.75, 3.05) is 7.11 Å². The first-order valence-corrected chi connectivity index (χ1v) is 10.5. The Kier molecular flexibility index (Phi) is 4.27. The molecule has 0 aliphatic carbocycles. The Morgan fingerprint density at radius 1 is 0.964 bits per heavy atom. The Morgan fingerprint density at radius 2 is 1.68 bits per heavy atom. The highest BCUT2D eigenvalue weighted by atomic mass is 79.9. The zero-order valence-corrected chi connectivity index (χ0v) is 17.7. The number of hydrogen-bond donors (Lipinski definition) is 0. The third-order valence-electron chi connectivity index (χ3n) is 5.70. The standard InChI is InChI=1S/C23H22BrN3O/c1-15-21(16-8-12-19(28-2)13-9-16)20-5-3-4-14-26-22(25-27(15)23(20)26)17-6-10-18(24)11-7-17/h6-13H,3-5,14H2,1-2H3. The van der Waals surface area contributed by atoms with Crippen LogP contribution in [0.2, 0.25) is 0 Å². The van der Waals surface area contributed by atoms with Gasteiger partial charge in [0.2, 0.25) is 0 Å². The molecule has 0 spiro atoms. The van der Waals surface area contributed by atoms with Crippen LogP contribution in [0.5, 0.6) is 5.75 Å². The van der Waals surface area contributed by atoms with Crippen LogP contribution >= 0.6 is 15.9 Å². The van der Waals surface area contributed by atoms with Gasteiger partial charge in [-0.25, -0.2) is 4.52 Å². The Hall–Kier alpha value is -2.53. The molecule has 0 amide bonds. The van der Waals surface area contributed by atoms with Crippen LogP contribution < -0.4 is 4.74 Å². The first-order valence-electron chi connectivity index (χ1n) is 9.68. The smallest absolute Gasteiger partial charge is 0.162 e. The van der Waals surface area contributed by atoms with Gasteiger partial charge in [-0.1, -0.05) is 40.2 Å². The van der Waals surface area contributed by atoms with E-state index in [0.717, 1.165) is 34.6 Å². The van der Waals surface area contributed by atoms with Crippen molar-refractivity contribution in [1.29, 1.82) is 0 Å². The summed E-state index contributed by atoms with van der Waals surface area (Å²) in [5, 5.41) is 5.04. The molecule has 2 aromatic heterocycles. The number of hydrogen-bond acceptors (Lipinski definition) is 2. The molecule has 4 aromatic rings. The summed E-state index contributed by atoms with van der Waals surface area (Å²) in [5.74, 6) is 1.94. The van der Waals surface area contributed by atoms with Crippen LogP contribution in [0, 0.1) is 6.92 Å². The second-order valence-electron chi connectivity index (χ2n) is 7.34. The largest absolute Gasteiger partial charge is 0.497 e. The van der Waals surface area contributed by atoms with Crippen molar-refractivity contribution < 1.29 is 4.74 Å². The van der Waals surface area contributed by atoms with E-state index in [9.17, 15) is 0 Å². The lowest BCUT2D eigenvalue weighted by molar-refractivity contribution is 0.415. The Balaban J connectivity index is 1.74. The summed E-state index contributed by atoms with van der Waals surface area (Å²) in [5.41, 5.74) is 7.58. The van der Waals surface area contributed by atoms with Crippen molar-refractivity contribution in [2.45, 2.75) is 32.7 Å². The highest BCUT2D eigenvalue weighted by molar-refractivity contribution is 9.10. The van der Waals surface area contributed by atoms with Crippen LogP contribution in [0.3, 0.4) is 0 Å². The quantitative estimate of drug-likeness (QED) is 0.401. The number of aryl methyl sites for hydroxylation is 3. The maximum absolute atomic E-state index is 5.33. The third-order valence-corrected chi connectivity index (χ3v) is 6.23. The lowest BCUT2D eigenvalue weighted by Gasteiger charge is -2.08. The zero-order chi connectivity index (χ0) is 19.3. The highest BCUT2D eigenvalue weighted by Crippen LogP contribution is 2.38. The fourth-order valence-corrected chi connectivity index (χ4v) is 4.61. The molecule has 142 valence electrons. The van der Waals surface area contributed by atoms with E-state index >= 15 is 0 Å². The predicted octanol–water partition coefficient (Wildman–Crippen LogP) is 5.89. The molecule has 0 saturated heterocycles. The van der Waals surface area contributed by atoms with E-state index in [0.29, 0.717) is 0 Å². The van der Waals surface area contributed by atoms with Crippen molar-refractivity contribution in [1.82, 2.24) is 14.2 Å². The van der Waals surface area contributed by atoms with Gasteiger partial charge >= 0.3 is 0 Å².